The van der Waals surface area contributed by atoms with E-state index in [1.165, 1.54) is 5.56 Å². The lowest BCUT2D eigenvalue weighted by Crippen LogP contribution is -2.40. The number of benzene rings is 1. The molecule has 0 spiro atoms. The van der Waals surface area contributed by atoms with Gasteiger partial charge in [-0.15, -0.1) is 0 Å². The number of hydrogen-bond donors (Lipinski definition) is 2. The molecule has 29 heavy (non-hydrogen) atoms. The monoisotopic (exact) mass is 393 g/mol. The number of nitrogens with one attached hydrogen (secondary N) is 2. The lowest BCUT2D eigenvalue weighted by atomic mass is 10.1. The second-order valence-electron chi connectivity index (χ2n) is 7.49. The van der Waals surface area contributed by atoms with Gasteiger partial charge in [-0.3, -0.25) is 9.78 Å². The minimum Gasteiger partial charge on any atom is -0.357 e. The first kappa shape index (κ1) is 20.8. The fourth-order valence-electron chi connectivity index (χ4n) is 3.55. The van der Waals surface area contributed by atoms with Gasteiger partial charge in [0.1, 0.15) is 0 Å². The quantitative estimate of drug-likeness (QED) is 0.534. The first-order chi connectivity index (χ1) is 14.1. The Morgan fingerprint density at radius 3 is 2.76 bits per heavy atom. The molecule has 1 aliphatic heterocycles. The number of rotatable bonds is 8. The largest absolute Gasteiger partial charge is 0.357 e. The highest BCUT2D eigenvalue weighted by molar-refractivity contribution is 5.81. The van der Waals surface area contributed by atoms with Crippen molar-refractivity contribution in [2.24, 2.45) is 10.9 Å². The summed E-state index contributed by atoms with van der Waals surface area (Å²) in [5.41, 5.74) is 3.22. The van der Waals surface area contributed by atoms with Gasteiger partial charge in [0, 0.05) is 44.2 Å². The summed E-state index contributed by atoms with van der Waals surface area (Å²) in [4.78, 5) is 23.5. The number of aryl methyl sites for hydroxylation is 1. The molecule has 6 heteroatoms. The van der Waals surface area contributed by atoms with Crippen molar-refractivity contribution in [3.63, 3.8) is 0 Å². The molecule has 0 bridgehead atoms. The predicted octanol–water partition coefficient (Wildman–Crippen LogP) is 2.54. The molecule has 1 fully saturated rings. The third-order valence-corrected chi connectivity index (χ3v) is 5.06. The summed E-state index contributed by atoms with van der Waals surface area (Å²) >= 11 is 0. The van der Waals surface area contributed by atoms with Gasteiger partial charge in [0.15, 0.2) is 5.96 Å². The average Bonchev–Trinajstić information content (AvgIpc) is 3.09. The van der Waals surface area contributed by atoms with Crippen LogP contribution in [0.15, 0.2) is 53.5 Å². The van der Waals surface area contributed by atoms with Crippen LogP contribution in [0.2, 0.25) is 0 Å². The number of aliphatic imine (C=N–C) groups is 1. The molecule has 1 unspecified atom stereocenters. The van der Waals surface area contributed by atoms with Crippen LogP contribution in [-0.2, 0) is 17.8 Å². The van der Waals surface area contributed by atoms with Gasteiger partial charge in [0.2, 0.25) is 5.91 Å². The Kier molecular flexibility index (Phi) is 7.61. The first-order valence-corrected chi connectivity index (χ1v) is 10.4. The summed E-state index contributed by atoms with van der Waals surface area (Å²) in [5.74, 6) is 1.32. The third kappa shape index (κ3) is 6.59. The number of likely N-dealkylation sites (tertiary alicyclic amines) is 1. The molecule has 0 saturated carbocycles. The maximum Gasteiger partial charge on any atom is 0.223 e. The third-order valence-electron chi connectivity index (χ3n) is 5.06. The topological polar surface area (TPSA) is 69.6 Å². The van der Waals surface area contributed by atoms with E-state index in [1.807, 2.05) is 55.1 Å². The van der Waals surface area contributed by atoms with Gasteiger partial charge in [0.25, 0.3) is 0 Å². The number of aromatic nitrogens is 1. The summed E-state index contributed by atoms with van der Waals surface area (Å²) < 4.78 is 0. The molecule has 154 valence electrons. The van der Waals surface area contributed by atoms with Crippen LogP contribution in [0.1, 0.15) is 30.3 Å². The van der Waals surface area contributed by atoms with Crippen LogP contribution in [0.4, 0.5) is 0 Å². The van der Waals surface area contributed by atoms with Gasteiger partial charge >= 0.3 is 0 Å². The van der Waals surface area contributed by atoms with Crippen LogP contribution in [-0.4, -0.2) is 47.9 Å². The van der Waals surface area contributed by atoms with Crippen LogP contribution < -0.4 is 10.6 Å². The van der Waals surface area contributed by atoms with E-state index in [0.717, 1.165) is 49.9 Å². The fourth-order valence-corrected chi connectivity index (χ4v) is 3.55. The van der Waals surface area contributed by atoms with Gasteiger partial charge < -0.3 is 15.5 Å². The molecule has 1 aliphatic rings. The van der Waals surface area contributed by atoms with Crippen molar-refractivity contribution in [1.29, 1.82) is 0 Å². The van der Waals surface area contributed by atoms with E-state index in [9.17, 15) is 4.79 Å². The van der Waals surface area contributed by atoms with Gasteiger partial charge in [-0.2, -0.15) is 0 Å². The molecule has 2 heterocycles. The van der Waals surface area contributed by atoms with Crippen molar-refractivity contribution in [2.45, 2.75) is 33.2 Å². The Hall–Kier alpha value is -2.89. The molecule has 2 aromatic rings. The van der Waals surface area contributed by atoms with Crippen LogP contribution in [0.5, 0.6) is 0 Å². The summed E-state index contributed by atoms with van der Waals surface area (Å²) in [5, 5.41) is 6.67. The molecule has 6 nitrogen and oxygen atoms in total. The summed E-state index contributed by atoms with van der Waals surface area (Å²) in [6.45, 7) is 7.68. The molecule has 1 amide bonds. The van der Waals surface area contributed by atoms with Gasteiger partial charge in [0.05, 0.1) is 12.2 Å². The van der Waals surface area contributed by atoms with Crippen molar-refractivity contribution in [2.75, 3.05) is 26.2 Å². The molecule has 3 rings (SSSR count). The van der Waals surface area contributed by atoms with Gasteiger partial charge in [-0.05, 0) is 38.0 Å². The second kappa shape index (κ2) is 10.6. The van der Waals surface area contributed by atoms with Crippen molar-refractivity contribution in [3.8, 4) is 0 Å². The Bertz CT molecular complexity index is 821. The number of guanidine groups is 1. The summed E-state index contributed by atoms with van der Waals surface area (Å²) in [7, 11) is 0. The Morgan fingerprint density at radius 1 is 1.17 bits per heavy atom. The summed E-state index contributed by atoms with van der Waals surface area (Å²) in [6.07, 6.45) is 1.50. The van der Waals surface area contributed by atoms with E-state index in [4.69, 9.17) is 0 Å². The maximum atomic E-state index is 12.4. The van der Waals surface area contributed by atoms with E-state index in [0.29, 0.717) is 18.9 Å². The smallest absolute Gasteiger partial charge is 0.223 e. The van der Waals surface area contributed by atoms with E-state index >= 15 is 0 Å². The summed E-state index contributed by atoms with van der Waals surface area (Å²) in [6, 6.07) is 16.3. The highest BCUT2D eigenvalue weighted by Gasteiger charge is 2.29. The number of carbonyl (C=O) groups is 1. The number of carbonyl (C=O) groups excluding carboxylic acids is 1. The van der Waals surface area contributed by atoms with E-state index < -0.39 is 0 Å². The lowest BCUT2D eigenvalue weighted by Gasteiger charge is -2.18. The predicted molar refractivity (Wildman–Crippen MR) is 117 cm³/mol. The van der Waals surface area contributed by atoms with Crippen LogP contribution in [0.25, 0.3) is 0 Å². The van der Waals surface area contributed by atoms with Crippen LogP contribution >= 0.6 is 0 Å². The van der Waals surface area contributed by atoms with Crippen LogP contribution in [0.3, 0.4) is 0 Å². The Balaban J connectivity index is 1.48. The zero-order valence-corrected chi connectivity index (χ0v) is 17.4. The minimum atomic E-state index is 0.249. The van der Waals surface area contributed by atoms with Crippen molar-refractivity contribution < 1.29 is 4.79 Å². The molecule has 1 atom stereocenters. The second-order valence-corrected chi connectivity index (χ2v) is 7.49. The molecule has 0 aliphatic carbocycles. The number of amides is 1. The van der Waals surface area contributed by atoms with E-state index in [-0.39, 0.29) is 5.91 Å². The molecule has 1 aromatic carbocycles. The van der Waals surface area contributed by atoms with Crippen molar-refractivity contribution in [3.05, 3.63) is 65.5 Å². The van der Waals surface area contributed by atoms with E-state index in [2.05, 4.69) is 32.7 Å². The number of nitrogens with zero attached hydrogens (tertiary/aromatic N) is 3. The SMILES string of the molecule is CCNC(=NCc1cccc(C)n1)NCC1CC(=O)N(CCc2ccccc2)C1. The minimum absolute atomic E-state index is 0.249. The van der Waals surface area contributed by atoms with E-state index in [1.54, 1.807) is 0 Å². The Morgan fingerprint density at radius 2 is 2.00 bits per heavy atom. The number of pyridine rings is 1. The fraction of sp³-hybridized carbons (Fsp3) is 0.435. The molecule has 2 N–H and O–H groups in total. The molecular formula is C23H31N5O. The standard InChI is InChI=1S/C23H31N5O/c1-3-24-23(26-16-21-11-7-8-18(2)27-21)25-15-20-14-22(29)28(17-20)13-12-19-9-5-4-6-10-19/h4-11,20H,3,12-17H2,1-2H3,(H2,24,25,26). The molecule has 1 aromatic heterocycles. The van der Waals surface area contributed by atoms with Gasteiger partial charge in [-0.25, -0.2) is 4.99 Å². The lowest BCUT2D eigenvalue weighted by molar-refractivity contribution is -0.127. The Labute approximate surface area is 173 Å². The number of hydrogen-bond acceptors (Lipinski definition) is 3. The normalized spacial score (nSPS) is 16.9. The molecule has 0 radical (unpaired) electrons. The zero-order chi connectivity index (χ0) is 20.5. The maximum absolute atomic E-state index is 12.4. The highest BCUT2D eigenvalue weighted by atomic mass is 16.2. The van der Waals surface area contributed by atoms with Crippen molar-refractivity contribution >= 4 is 11.9 Å². The first-order valence-electron chi connectivity index (χ1n) is 10.4. The molecular weight excluding hydrogens is 362 g/mol. The highest BCUT2D eigenvalue weighted by Crippen LogP contribution is 2.17. The van der Waals surface area contributed by atoms with Crippen LogP contribution in [0, 0.1) is 12.8 Å². The zero-order valence-electron chi connectivity index (χ0n) is 17.4. The molecule has 1 saturated heterocycles. The van der Waals surface area contributed by atoms with Gasteiger partial charge in [-0.1, -0.05) is 36.4 Å². The van der Waals surface area contributed by atoms with Crippen molar-refractivity contribution in [1.82, 2.24) is 20.5 Å². The average molecular weight is 394 g/mol.